The number of nitrogens with two attached hydrogens (primary N) is 2. The Morgan fingerprint density at radius 3 is 2.17 bits per heavy atom. The van der Waals surface area contributed by atoms with E-state index in [0.29, 0.717) is 5.56 Å². The number of rotatable bonds is 13. The van der Waals surface area contributed by atoms with Gasteiger partial charge in [-0.25, -0.2) is 15.1 Å². The number of carbonyl (C=O) groups is 2. The lowest BCUT2D eigenvalue weighted by Crippen LogP contribution is -2.49. The van der Waals surface area contributed by atoms with Gasteiger partial charge in [0.05, 0.1) is 13.0 Å². The first kappa shape index (κ1) is 29.4. The number of nitro groups is 1. The highest BCUT2D eigenvalue weighted by molar-refractivity contribution is 5.92. The van der Waals surface area contributed by atoms with Crippen LogP contribution in [0.3, 0.4) is 0 Å². The molecular weight excluding hydrogens is 516 g/mol. The van der Waals surface area contributed by atoms with Gasteiger partial charge in [-0.05, 0) is 41.7 Å². The fourth-order valence-corrected chi connectivity index (χ4v) is 4.36. The van der Waals surface area contributed by atoms with Crippen LogP contribution in [-0.2, 0) is 16.1 Å². The van der Waals surface area contributed by atoms with E-state index in [2.05, 4.69) is 4.99 Å². The lowest BCUT2D eigenvalue weighted by atomic mass is 9.89. The number of ether oxygens (including phenoxy) is 1. The number of nitrogens with one attached hydrogen (secondary N) is 1. The van der Waals surface area contributed by atoms with Gasteiger partial charge < -0.3 is 26.2 Å². The number of hydrogen-bond donors (Lipinski definition) is 4. The van der Waals surface area contributed by atoms with E-state index in [1.165, 1.54) is 18.1 Å². The van der Waals surface area contributed by atoms with Crippen LogP contribution in [0.25, 0.3) is 0 Å². The second kappa shape index (κ2) is 14.1. The number of nitrogens with zero attached hydrogens (tertiary/aromatic N) is 3. The van der Waals surface area contributed by atoms with E-state index >= 15 is 0 Å². The Morgan fingerprint density at radius 1 is 1.05 bits per heavy atom. The number of aromatic hydroxyl groups is 1. The van der Waals surface area contributed by atoms with Crippen molar-refractivity contribution in [3.63, 3.8) is 0 Å². The molecule has 210 valence electrons. The number of hydrogen-bond acceptors (Lipinski definition) is 7. The van der Waals surface area contributed by atoms with Crippen LogP contribution < -0.4 is 21.6 Å². The molecule has 0 aliphatic rings. The van der Waals surface area contributed by atoms with Gasteiger partial charge in [0.1, 0.15) is 6.04 Å². The summed E-state index contributed by atoms with van der Waals surface area (Å²) in [6.45, 7) is 0.0554. The van der Waals surface area contributed by atoms with Crippen molar-refractivity contribution in [1.82, 2.24) is 10.3 Å². The molecule has 0 spiro atoms. The molecule has 2 amide bonds. The van der Waals surface area contributed by atoms with Gasteiger partial charge in [0.25, 0.3) is 5.96 Å². The molecule has 0 aliphatic carbocycles. The van der Waals surface area contributed by atoms with Gasteiger partial charge >= 0.3 is 0 Å². The first-order valence-electron chi connectivity index (χ1n) is 12.5. The van der Waals surface area contributed by atoms with E-state index in [9.17, 15) is 24.8 Å². The van der Waals surface area contributed by atoms with Crippen LogP contribution >= 0.6 is 0 Å². The largest absolute Gasteiger partial charge is 0.504 e. The number of benzene rings is 3. The predicted octanol–water partition coefficient (Wildman–Crippen LogP) is 2.29. The van der Waals surface area contributed by atoms with Gasteiger partial charge in [0.2, 0.25) is 11.8 Å². The molecule has 40 heavy (non-hydrogen) atoms. The highest BCUT2D eigenvalue weighted by Gasteiger charge is 2.34. The Labute approximate surface area is 231 Å². The fraction of sp³-hybridized carbons (Fsp3) is 0.250. The molecular formula is C28H32N6O6. The summed E-state index contributed by atoms with van der Waals surface area (Å²) in [5, 5.41) is 19.8. The fourth-order valence-electron chi connectivity index (χ4n) is 4.36. The molecule has 3 aromatic carbocycles. The lowest BCUT2D eigenvalue weighted by Gasteiger charge is -2.33. The minimum atomic E-state index is -1.04. The third-order valence-corrected chi connectivity index (χ3v) is 6.22. The molecule has 6 N–H and O–H groups in total. The Bertz CT molecular complexity index is 1300. The van der Waals surface area contributed by atoms with Gasteiger partial charge in [0.15, 0.2) is 16.5 Å². The summed E-state index contributed by atoms with van der Waals surface area (Å²) < 4.78 is 5.23. The third-order valence-electron chi connectivity index (χ3n) is 6.22. The van der Waals surface area contributed by atoms with Crippen LogP contribution in [-0.4, -0.2) is 52.5 Å². The average Bonchev–Trinajstić information content (AvgIpc) is 2.93. The molecule has 0 radical (unpaired) electrons. The van der Waals surface area contributed by atoms with Gasteiger partial charge in [-0.15, -0.1) is 0 Å². The Hall–Kier alpha value is -5.13. The topological polar surface area (TPSA) is 186 Å². The minimum absolute atomic E-state index is 0.00642. The number of hydrazine groups is 1. The number of aliphatic imine (C=N–C) groups is 1. The number of amides is 2. The zero-order chi connectivity index (χ0) is 29.1. The maximum absolute atomic E-state index is 14.4. The summed E-state index contributed by atoms with van der Waals surface area (Å²) >= 11 is 0. The van der Waals surface area contributed by atoms with Gasteiger partial charge in [0, 0.05) is 13.1 Å². The average molecular weight is 549 g/mol. The zero-order valence-corrected chi connectivity index (χ0v) is 22.0. The van der Waals surface area contributed by atoms with Crippen LogP contribution in [0.5, 0.6) is 11.5 Å². The molecule has 3 aromatic rings. The van der Waals surface area contributed by atoms with E-state index in [1.54, 1.807) is 17.6 Å². The van der Waals surface area contributed by atoms with E-state index in [0.717, 1.165) is 11.1 Å². The first-order valence-corrected chi connectivity index (χ1v) is 12.5. The Kier molecular flexibility index (Phi) is 10.4. The number of methoxy groups -OCH3 is 1. The molecule has 0 saturated heterocycles. The number of phenols is 1. The molecule has 0 aliphatic heterocycles. The monoisotopic (exact) mass is 548 g/mol. The molecule has 0 fully saturated rings. The summed E-state index contributed by atoms with van der Waals surface area (Å²) in [6.07, 6.45) is 0.388. The normalized spacial score (nSPS) is 12.0. The van der Waals surface area contributed by atoms with Gasteiger partial charge in [-0.3, -0.25) is 9.59 Å². The van der Waals surface area contributed by atoms with Crippen molar-refractivity contribution in [2.45, 2.75) is 31.3 Å². The summed E-state index contributed by atoms with van der Waals surface area (Å²) in [5.41, 5.74) is 15.1. The molecule has 0 bridgehead atoms. The highest BCUT2D eigenvalue weighted by Crippen LogP contribution is 2.31. The number of primary amides is 1. The van der Waals surface area contributed by atoms with Crippen molar-refractivity contribution < 1.29 is 24.5 Å². The third kappa shape index (κ3) is 7.93. The smallest absolute Gasteiger partial charge is 0.251 e. The van der Waals surface area contributed by atoms with E-state index < -0.39 is 22.9 Å². The number of guanidine groups is 1. The molecule has 12 nitrogen and oxygen atoms in total. The van der Waals surface area contributed by atoms with Gasteiger partial charge in [-0.2, -0.15) is 0 Å². The quantitative estimate of drug-likeness (QED) is 0.0823. The molecule has 0 aromatic heterocycles. The standard InChI is InChI=1S/C28H32N6O6/c1-40-24-17-19(14-15-23(24)35)18-33(22(26(29)36)13-8-16-31-28(30)32-34(38)39)27(37)25(20-9-4-2-5-10-20)21-11-6-3-7-12-21/h2-7,9-12,14-15,17,22,25,35H,8,13,16,18H2,1H3,(H2,29,36)(H3,30,31,32)/t22-/m0/s1. The van der Waals surface area contributed by atoms with Gasteiger partial charge in [-0.1, -0.05) is 72.2 Å². The molecule has 3 rings (SSSR count). The van der Waals surface area contributed by atoms with E-state index in [-0.39, 0.29) is 49.3 Å². The van der Waals surface area contributed by atoms with Crippen LogP contribution in [0, 0.1) is 10.1 Å². The summed E-state index contributed by atoms with van der Waals surface area (Å²) in [6, 6.07) is 22.0. The van der Waals surface area contributed by atoms with Crippen LogP contribution in [0.1, 0.15) is 35.4 Å². The van der Waals surface area contributed by atoms with Crippen molar-refractivity contribution in [3.05, 3.63) is 106 Å². The molecule has 0 saturated carbocycles. The van der Waals surface area contributed by atoms with Crippen LogP contribution in [0.15, 0.2) is 83.9 Å². The zero-order valence-electron chi connectivity index (χ0n) is 22.0. The Morgan fingerprint density at radius 2 is 1.65 bits per heavy atom. The van der Waals surface area contributed by atoms with Crippen LogP contribution in [0.2, 0.25) is 0 Å². The second-order valence-electron chi connectivity index (χ2n) is 8.92. The van der Waals surface area contributed by atoms with Crippen molar-refractivity contribution >= 4 is 17.8 Å². The van der Waals surface area contributed by atoms with Crippen molar-refractivity contribution in [2.75, 3.05) is 13.7 Å². The van der Waals surface area contributed by atoms with E-state index in [4.69, 9.17) is 16.2 Å². The highest BCUT2D eigenvalue weighted by atomic mass is 16.7. The summed E-state index contributed by atoms with van der Waals surface area (Å²) in [7, 11) is 1.41. The number of carbonyl (C=O) groups excluding carboxylic acids is 2. The second-order valence-corrected chi connectivity index (χ2v) is 8.92. The first-order chi connectivity index (χ1) is 19.2. The minimum Gasteiger partial charge on any atom is -0.504 e. The summed E-state index contributed by atoms with van der Waals surface area (Å²) in [5.74, 6) is -2.04. The SMILES string of the molecule is COc1cc(CN(C(=O)C(c2ccccc2)c2ccccc2)[C@@H](CCCN=C(N)N[N+](=O)[O-])C(N)=O)ccc1O. The predicted molar refractivity (Wildman–Crippen MR) is 149 cm³/mol. The molecule has 12 heteroatoms. The maximum Gasteiger partial charge on any atom is 0.251 e. The van der Waals surface area contributed by atoms with Crippen molar-refractivity contribution in [2.24, 2.45) is 16.5 Å². The van der Waals surface area contributed by atoms with Crippen molar-refractivity contribution in [3.8, 4) is 11.5 Å². The van der Waals surface area contributed by atoms with Crippen LogP contribution in [0.4, 0.5) is 0 Å². The number of phenolic OH excluding ortho intramolecular Hbond substituents is 1. The molecule has 0 heterocycles. The molecule has 0 unspecified atom stereocenters. The molecule has 1 atom stereocenters. The lowest BCUT2D eigenvalue weighted by molar-refractivity contribution is -0.525. The Balaban J connectivity index is 2.00. The summed E-state index contributed by atoms with van der Waals surface area (Å²) in [4.78, 5) is 43.0. The maximum atomic E-state index is 14.4. The van der Waals surface area contributed by atoms with Crippen molar-refractivity contribution in [1.29, 1.82) is 0 Å². The van der Waals surface area contributed by atoms with E-state index in [1.807, 2.05) is 60.7 Å².